The van der Waals surface area contributed by atoms with Crippen LogP contribution in [0, 0.1) is 5.92 Å². The first kappa shape index (κ1) is 46.6. The Balaban J connectivity index is 0.00000122. The SMILES string of the molecule is CC(C)Cc1ccc(C(C)C(=O)[O-])cc1.CCCCCCCC[N+](CCCCCCCC)(CCCCCCCC)CCCCCCCC. The summed E-state index contributed by atoms with van der Waals surface area (Å²) in [6.07, 6.45) is 35.8. The summed E-state index contributed by atoms with van der Waals surface area (Å²) in [5, 5.41) is 10.7. The van der Waals surface area contributed by atoms with E-state index < -0.39 is 11.9 Å². The van der Waals surface area contributed by atoms with Crippen molar-refractivity contribution in [3.63, 3.8) is 0 Å². The molecule has 1 aromatic rings. The number of hydrogen-bond donors (Lipinski definition) is 0. The van der Waals surface area contributed by atoms with Crippen LogP contribution in [0.15, 0.2) is 24.3 Å². The lowest BCUT2D eigenvalue weighted by molar-refractivity contribution is -0.929. The molecular formula is C45H85NO2. The number of unbranched alkanes of at least 4 members (excludes halogenated alkanes) is 20. The fraction of sp³-hybridized carbons (Fsp3) is 0.844. The molecule has 1 atom stereocenters. The van der Waals surface area contributed by atoms with Gasteiger partial charge in [-0.2, -0.15) is 0 Å². The third kappa shape index (κ3) is 26.5. The van der Waals surface area contributed by atoms with Crippen molar-refractivity contribution in [3.05, 3.63) is 35.4 Å². The summed E-state index contributed by atoms with van der Waals surface area (Å²) in [7, 11) is 0. The zero-order valence-corrected chi connectivity index (χ0v) is 33.7. The Bertz CT molecular complexity index is 747. The molecular weight excluding hydrogens is 587 g/mol. The van der Waals surface area contributed by atoms with Crippen LogP contribution in [-0.2, 0) is 11.2 Å². The first-order valence-electron chi connectivity index (χ1n) is 21.4. The lowest BCUT2D eigenvalue weighted by atomic mass is 9.97. The maximum Gasteiger partial charge on any atom is 0.0786 e. The molecule has 3 heteroatoms. The van der Waals surface area contributed by atoms with E-state index in [4.69, 9.17) is 0 Å². The second-order valence-electron chi connectivity index (χ2n) is 15.7. The largest absolute Gasteiger partial charge is 0.550 e. The number of nitrogens with zero attached hydrogens (tertiary/aromatic N) is 1. The molecule has 0 radical (unpaired) electrons. The van der Waals surface area contributed by atoms with Crippen LogP contribution in [0.4, 0.5) is 0 Å². The Labute approximate surface area is 302 Å². The number of quaternary nitrogens is 1. The van der Waals surface area contributed by atoms with E-state index >= 15 is 0 Å². The zero-order valence-electron chi connectivity index (χ0n) is 33.7. The van der Waals surface area contributed by atoms with E-state index in [-0.39, 0.29) is 0 Å². The van der Waals surface area contributed by atoms with Gasteiger partial charge in [0, 0.05) is 11.9 Å². The fourth-order valence-corrected chi connectivity index (χ4v) is 7.13. The molecule has 0 saturated carbocycles. The Kier molecular flexibility index (Phi) is 31.9. The van der Waals surface area contributed by atoms with Crippen LogP contribution in [0.3, 0.4) is 0 Å². The van der Waals surface area contributed by atoms with Gasteiger partial charge in [0.25, 0.3) is 0 Å². The monoisotopic (exact) mass is 672 g/mol. The second kappa shape index (κ2) is 32.8. The van der Waals surface area contributed by atoms with Crippen molar-refractivity contribution in [2.45, 2.75) is 215 Å². The summed E-state index contributed by atoms with van der Waals surface area (Å²) >= 11 is 0. The topological polar surface area (TPSA) is 40.1 Å². The van der Waals surface area contributed by atoms with Gasteiger partial charge in [0.15, 0.2) is 0 Å². The van der Waals surface area contributed by atoms with Crippen molar-refractivity contribution in [2.75, 3.05) is 26.2 Å². The summed E-state index contributed by atoms with van der Waals surface area (Å²) in [4.78, 5) is 10.7. The van der Waals surface area contributed by atoms with Crippen molar-refractivity contribution >= 4 is 5.97 Å². The first-order valence-corrected chi connectivity index (χ1v) is 21.4. The molecule has 1 unspecified atom stereocenters. The highest BCUT2D eigenvalue weighted by Crippen LogP contribution is 2.21. The summed E-state index contributed by atoms with van der Waals surface area (Å²) in [6, 6.07) is 7.74. The van der Waals surface area contributed by atoms with Crippen molar-refractivity contribution in [1.82, 2.24) is 0 Å². The summed E-state index contributed by atoms with van der Waals surface area (Å²) in [5.74, 6) is -0.931. The Morgan fingerprint density at radius 1 is 0.500 bits per heavy atom. The highest BCUT2D eigenvalue weighted by atomic mass is 16.4. The number of carboxylic acid groups (broad SMARTS) is 1. The van der Waals surface area contributed by atoms with E-state index in [9.17, 15) is 9.90 Å². The second-order valence-corrected chi connectivity index (χ2v) is 15.7. The van der Waals surface area contributed by atoms with E-state index in [1.165, 1.54) is 190 Å². The number of carbonyl (C=O) groups excluding carboxylic acids is 1. The van der Waals surface area contributed by atoms with Gasteiger partial charge in [-0.25, -0.2) is 0 Å². The molecule has 282 valence electrons. The number of aliphatic carboxylic acids is 1. The molecule has 0 aliphatic carbocycles. The number of benzene rings is 1. The van der Waals surface area contributed by atoms with E-state index in [0.717, 1.165) is 12.0 Å². The van der Waals surface area contributed by atoms with Crippen LogP contribution in [0.25, 0.3) is 0 Å². The van der Waals surface area contributed by atoms with Crippen LogP contribution >= 0.6 is 0 Å². The highest BCUT2D eigenvalue weighted by Gasteiger charge is 2.25. The standard InChI is InChI=1S/C32H68N.C13H18O2/c1-5-9-13-17-21-25-29-33(30-26-22-18-14-10-6-2,31-27-23-19-15-11-7-3)32-28-24-20-16-12-8-4;1-9(2)8-11-4-6-12(7-5-11)10(3)13(14)15/h5-32H2,1-4H3;4-7,9-10H,8H2,1-3H3,(H,14,15)/q+1;/p-1. The average molecular weight is 672 g/mol. The Morgan fingerprint density at radius 3 is 1.06 bits per heavy atom. The fourth-order valence-electron chi connectivity index (χ4n) is 7.13. The lowest BCUT2D eigenvalue weighted by Crippen LogP contribution is -2.50. The molecule has 0 spiro atoms. The third-order valence-corrected chi connectivity index (χ3v) is 10.4. The minimum atomic E-state index is -1.02. The molecule has 1 aromatic carbocycles. The van der Waals surface area contributed by atoms with Gasteiger partial charge in [-0.3, -0.25) is 0 Å². The molecule has 0 aromatic heterocycles. The number of carboxylic acids is 1. The number of carbonyl (C=O) groups is 1. The van der Waals surface area contributed by atoms with Crippen LogP contribution < -0.4 is 5.11 Å². The smallest absolute Gasteiger partial charge is 0.0786 e. The van der Waals surface area contributed by atoms with Crippen molar-refractivity contribution in [1.29, 1.82) is 0 Å². The average Bonchev–Trinajstić information content (AvgIpc) is 3.07. The molecule has 0 saturated heterocycles. The molecule has 0 aliphatic rings. The predicted octanol–water partition coefficient (Wildman–Crippen LogP) is 13.0. The summed E-state index contributed by atoms with van der Waals surface area (Å²) in [6.45, 7) is 21.2. The number of rotatable bonds is 32. The van der Waals surface area contributed by atoms with E-state index in [1.807, 2.05) is 24.3 Å². The van der Waals surface area contributed by atoms with Crippen molar-refractivity contribution in [3.8, 4) is 0 Å². The minimum absolute atomic E-state index is 0.530. The van der Waals surface area contributed by atoms with Gasteiger partial charge in [-0.05, 0) is 74.8 Å². The molecule has 0 aliphatic heterocycles. The van der Waals surface area contributed by atoms with Crippen LogP contribution in [0.2, 0.25) is 0 Å². The molecule has 48 heavy (non-hydrogen) atoms. The summed E-state index contributed by atoms with van der Waals surface area (Å²) < 4.78 is 1.48. The molecule has 0 fully saturated rings. The quantitative estimate of drug-likeness (QED) is 0.0565. The maximum atomic E-state index is 10.7. The van der Waals surface area contributed by atoms with Gasteiger partial charge in [0.2, 0.25) is 0 Å². The third-order valence-electron chi connectivity index (χ3n) is 10.4. The normalized spacial score (nSPS) is 12.2. The molecule has 0 heterocycles. The molecule has 0 bridgehead atoms. The zero-order chi connectivity index (χ0) is 35.7. The molecule has 0 N–H and O–H groups in total. The number of hydrogen-bond acceptors (Lipinski definition) is 2. The van der Waals surface area contributed by atoms with Gasteiger partial charge in [-0.15, -0.1) is 0 Å². The lowest BCUT2D eigenvalue weighted by Gasteiger charge is -2.40. The van der Waals surface area contributed by atoms with Gasteiger partial charge in [0.05, 0.1) is 26.2 Å². The summed E-state index contributed by atoms with van der Waals surface area (Å²) in [5.41, 5.74) is 2.06. The van der Waals surface area contributed by atoms with Crippen LogP contribution in [0.5, 0.6) is 0 Å². The van der Waals surface area contributed by atoms with E-state index in [1.54, 1.807) is 6.92 Å². The Morgan fingerprint density at radius 2 is 0.792 bits per heavy atom. The van der Waals surface area contributed by atoms with Gasteiger partial charge in [-0.1, -0.05) is 175 Å². The van der Waals surface area contributed by atoms with Crippen LogP contribution in [-0.4, -0.2) is 36.6 Å². The van der Waals surface area contributed by atoms with E-state index in [0.29, 0.717) is 5.92 Å². The Hall–Kier alpha value is -1.35. The van der Waals surface area contributed by atoms with Crippen molar-refractivity contribution in [2.24, 2.45) is 5.92 Å². The van der Waals surface area contributed by atoms with Crippen molar-refractivity contribution < 1.29 is 14.4 Å². The molecule has 0 amide bonds. The van der Waals surface area contributed by atoms with Crippen LogP contribution in [0.1, 0.15) is 220 Å². The van der Waals surface area contributed by atoms with Gasteiger partial charge in [0.1, 0.15) is 0 Å². The minimum Gasteiger partial charge on any atom is -0.550 e. The molecule has 3 nitrogen and oxygen atoms in total. The predicted molar refractivity (Wildman–Crippen MR) is 212 cm³/mol. The molecule has 1 rings (SSSR count). The first-order chi connectivity index (χ1) is 23.2. The van der Waals surface area contributed by atoms with E-state index in [2.05, 4.69) is 41.5 Å². The highest BCUT2D eigenvalue weighted by molar-refractivity contribution is 5.73. The van der Waals surface area contributed by atoms with Gasteiger partial charge < -0.3 is 14.4 Å². The van der Waals surface area contributed by atoms with Gasteiger partial charge >= 0.3 is 0 Å². The maximum absolute atomic E-state index is 10.7.